The van der Waals surface area contributed by atoms with Crippen LogP contribution in [0.4, 0.5) is 0 Å². The Morgan fingerprint density at radius 1 is 1.32 bits per heavy atom. The fourth-order valence-electron chi connectivity index (χ4n) is 1.42. The summed E-state index contributed by atoms with van der Waals surface area (Å²) < 4.78 is 4.69. The maximum Gasteiger partial charge on any atom is 0.335 e. The van der Waals surface area contributed by atoms with Gasteiger partial charge in [0, 0.05) is 5.75 Å². The van der Waals surface area contributed by atoms with Gasteiger partial charge in [-0.15, -0.1) is 0 Å². The van der Waals surface area contributed by atoms with Crippen molar-refractivity contribution < 1.29 is 19.4 Å². The molecule has 4 nitrogen and oxygen atoms in total. The summed E-state index contributed by atoms with van der Waals surface area (Å²) in [6, 6.07) is 9.55. The van der Waals surface area contributed by atoms with Gasteiger partial charge in [-0.1, -0.05) is 49.0 Å². The number of thioether (sulfide) groups is 1. The van der Waals surface area contributed by atoms with Gasteiger partial charge < -0.3 is 9.84 Å². The van der Waals surface area contributed by atoms with Crippen LogP contribution in [0, 0.1) is 5.92 Å². The maximum atomic E-state index is 11.9. The van der Waals surface area contributed by atoms with Crippen LogP contribution in [-0.2, 0) is 20.1 Å². The lowest BCUT2D eigenvalue weighted by Crippen LogP contribution is -2.33. The molecule has 0 aromatic heterocycles. The highest BCUT2D eigenvalue weighted by molar-refractivity contribution is 8.13. The van der Waals surface area contributed by atoms with E-state index in [0.29, 0.717) is 5.75 Å². The van der Waals surface area contributed by atoms with Crippen LogP contribution in [0.15, 0.2) is 30.3 Å². The topological polar surface area (TPSA) is 63.6 Å². The highest BCUT2D eigenvalue weighted by atomic mass is 32.2. The normalized spacial score (nSPS) is 13.6. The molecule has 0 aliphatic heterocycles. The minimum absolute atomic E-state index is 0.188. The molecule has 1 rings (SSSR count). The molecule has 0 spiro atoms. The predicted molar refractivity (Wildman–Crippen MR) is 74.5 cm³/mol. The summed E-state index contributed by atoms with van der Waals surface area (Å²) in [5.74, 6) is -0.990. The van der Waals surface area contributed by atoms with Crippen molar-refractivity contribution in [3.8, 4) is 0 Å². The summed E-state index contributed by atoms with van der Waals surface area (Å²) in [7, 11) is 0. The number of ether oxygens (including phenoxy) is 1. The second-order valence-electron chi connectivity index (χ2n) is 4.08. The van der Waals surface area contributed by atoms with Gasteiger partial charge in [-0.05, 0) is 12.5 Å². The lowest BCUT2D eigenvalue weighted by molar-refractivity contribution is -0.157. The number of carbonyl (C=O) groups is 2. The Morgan fingerprint density at radius 2 is 1.95 bits per heavy atom. The number of esters is 1. The second-order valence-corrected chi connectivity index (χ2v) is 5.06. The number of aliphatic hydroxyl groups is 1. The highest BCUT2D eigenvalue weighted by Gasteiger charge is 2.29. The first kappa shape index (κ1) is 15.7. The first-order chi connectivity index (χ1) is 9.06. The number of hydrogen-bond donors (Lipinski definition) is 1. The van der Waals surface area contributed by atoms with Crippen molar-refractivity contribution in [2.24, 2.45) is 5.92 Å². The van der Waals surface area contributed by atoms with Gasteiger partial charge in [0.25, 0.3) is 0 Å². The molecule has 0 radical (unpaired) electrons. The Labute approximate surface area is 117 Å². The van der Waals surface area contributed by atoms with Crippen molar-refractivity contribution in [3.63, 3.8) is 0 Å². The Bertz CT molecular complexity index is 419. The van der Waals surface area contributed by atoms with E-state index >= 15 is 0 Å². The summed E-state index contributed by atoms with van der Waals surface area (Å²) >= 11 is 1.09. The number of aliphatic hydroxyl groups excluding tert-OH is 1. The lowest BCUT2D eigenvalue weighted by atomic mass is 10.1. The zero-order valence-electron chi connectivity index (χ0n) is 11.0. The molecule has 2 atom stereocenters. The Kier molecular flexibility index (Phi) is 6.59. The molecule has 0 unspecified atom stereocenters. The van der Waals surface area contributed by atoms with Crippen LogP contribution in [0.25, 0.3) is 0 Å². The smallest absolute Gasteiger partial charge is 0.335 e. The molecule has 0 aliphatic carbocycles. The summed E-state index contributed by atoms with van der Waals surface area (Å²) in [6.45, 7) is 3.37. The molecule has 0 amide bonds. The van der Waals surface area contributed by atoms with E-state index in [1.807, 2.05) is 30.3 Å². The molecule has 5 heteroatoms. The van der Waals surface area contributed by atoms with Gasteiger partial charge in [0.1, 0.15) is 0 Å². The third-order valence-corrected chi connectivity index (χ3v) is 3.73. The van der Waals surface area contributed by atoms with Crippen molar-refractivity contribution in [3.05, 3.63) is 35.9 Å². The Morgan fingerprint density at radius 3 is 2.53 bits per heavy atom. The molecule has 1 N–H and O–H groups in total. The van der Waals surface area contributed by atoms with E-state index in [1.165, 1.54) is 6.92 Å². The van der Waals surface area contributed by atoms with Crippen LogP contribution in [0.5, 0.6) is 0 Å². The van der Waals surface area contributed by atoms with E-state index in [4.69, 9.17) is 0 Å². The fraction of sp³-hybridized carbons (Fsp3) is 0.429. The molecular formula is C14H18O4S. The molecule has 0 bridgehead atoms. The van der Waals surface area contributed by atoms with Crippen molar-refractivity contribution in [2.75, 3.05) is 6.61 Å². The first-order valence-corrected chi connectivity index (χ1v) is 7.10. The van der Waals surface area contributed by atoms with Crippen LogP contribution in [-0.4, -0.2) is 28.9 Å². The number of hydrogen-bond acceptors (Lipinski definition) is 5. The monoisotopic (exact) mass is 282 g/mol. The number of carbonyl (C=O) groups excluding carboxylic acids is 2. The maximum absolute atomic E-state index is 11.9. The summed E-state index contributed by atoms with van der Waals surface area (Å²) in [5.41, 5.74) is 1.03. The number of benzene rings is 1. The zero-order chi connectivity index (χ0) is 14.3. The van der Waals surface area contributed by atoms with E-state index in [-0.39, 0.29) is 11.7 Å². The van der Waals surface area contributed by atoms with E-state index in [1.54, 1.807) is 6.92 Å². The van der Waals surface area contributed by atoms with E-state index in [2.05, 4.69) is 4.74 Å². The van der Waals surface area contributed by atoms with Crippen molar-refractivity contribution in [1.29, 1.82) is 0 Å². The standard InChI is InChI=1S/C14H18O4S/c1-3-18-13(16)12(15)10(2)14(17)19-9-11-7-5-4-6-8-11/h4-8,10,12,15H,3,9H2,1-2H3/t10-,12-/m0/s1. The molecule has 19 heavy (non-hydrogen) atoms. The molecular weight excluding hydrogens is 264 g/mol. The van der Waals surface area contributed by atoms with Crippen LogP contribution in [0.2, 0.25) is 0 Å². The van der Waals surface area contributed by atoms with Crippen LogP contribution >= 0.6 is 11.8 Å². The van der Waals surface area contributed by atoms with Gasteiger partial charge in [0.15, 0.2) is 11.2 Å². The average molecular weight is 282 g/mol. The van der Waals surface area contributed by atoms with Crippen molar-refractivity contribution in [2.45, 2.75) is 25.7 Å². The van der Waals surface area contributed by atoms with E-state index < -0.39 is 18.0 Å². The number of rotatable bonds is 6. The lowest BCUT2D eigenvalue weighted by Gasteiger charge is -2.15. The van der Waals surface area contributed by atoms with Crippen LogP contribution in [0.3, 0.4) is 0 Å². The van der Waals surface area contributed by atoms with Gasteiger partial charge in [-0.25, -0.2) is 4.79 Å². The molecule has 1 aromatic rings. The quantitative estimate of drug-likeness (QED) is 0.809. The molecule has 0 aliphatic rings. The Hall–Kier alpha value is -1.33. The third kappa shape index (κ3) is 5.04. The predicted octanol–water partition coefficient (Wildman–Crippen LogP) is 2.01. The van der Waals surface area contributed by atoms with Crippen LogP contribution < -0.4 is 0 Å². The van der Waals surface area contributed by atoms with Gasteiger partial charge in [-0.2, -0.15) is 0 Å². The van der Waals surface area contributed by atoms with Crippen molar-refractivity contribution >= 4 is 22.8 Å². The van der Waals surface area contributed by atoms with Gasteiger partial charge >= 0.3 is 5.97 Å². The first-order valence-electron chi connectivity index (χ1n) is 6.11. The minimum atomic E-state index is -1.39. The molecule has 0 saturated carbocycles. The van der Waals surface area contributed by atoms with Gasteiger partial charge in [0.2, 0.25) is 0 Å². The third-order valence-electron chi connectivity index (χ3n) is 2.60. The summed E-state index contributed by atoms with van der Waals surface area (Å²) in [5, 5.41) is 9.46. The largest absolute Gasteiger partial charge is 0.464 e. The molecule has 0 fully saturated rings. The van der Waals surface area contributed by atoms with Gasteiger partial charge in [-0.3, -0.25) is 4.79 Å². The Balaban J connectivity index is 2.46. The SMILES string of the molecule is CCOC(=O)[C@@H](O)[C@H](C)C(=O)SCc1ccccc1. The minimum Gasteiger partial charge on any atom is -0.464 e. The van der Waals surface area contributed by atoms with E-state index in [9.17, 15) is 14.7 Å². The van der Waals surface area contributed by atoms with Crippen molar-refractivity contribution in [1.82, 2.24) is 0 Å². The summed E-state index contributed by atoms with van der Waals surface area (Å²) in [6.07, 6.45) is -1.39. The molecule has 1 aromatic carbocycles. The molecule has 0 saturated heterocycles. The van der Waals surface area contributed by atoms with Crippen LogP contribution in [0.1, 0.15) is 19.4 Å². The van der Waals surface area contributed by atoms with Gasteiger partial charge in [0.05, 0.1) is 12.5 Å². The second kappa shape index (κ2) is 7.96. The summed E-state index contributed by atoms with van der Waals surface area (Å²) in [4.78, 5) is 23.2. The van der Waals surface area contributed by atoms with E-state index in [0.717, 1.165) is 17.3 Å². The highest BCUT2D eigenvalue weighted by Crippen LogP contribution is 2.19. The fourth-order valence-corrected chi connectivity index (χ4v) is 2.31. The zero-order valence-corrected chi connectivity index (χ0v) is 11.9. The molecule has 0 heterocycles. The molecule has 104 valence electrons. The average Bonchev–Trinajstić information content (AvgIpc) is 2.44.